The van der Waals surface area contributed by atoms with E-state index in [-0.39, 0.29) is 5.41 Å². The third kappa shape index (κ3) is 4.14. The molecule has 0 N–H and O–H groups in total. The fourth-order valence-electron chi connectivity index (χ4n) is 4.59. The summed E-state index contributed by atoms with van der Waals surface area (Å²) < 4.78 is 2.27. The van der Waals surface area contributed by atoms with E-state index in [1.54, 1.807) is 0 Å². The average molecular weight is 423 g/mol. The molecule has 32 heavy (non-hydrogen) atoms. The van der Waals surface area contributed by atoms with Crippen molar-refractivity contribution in [3.05, 3.63) is 107 Å². The topological polar surface area (TPSA) is 17.8 Å². The molecule has 3 aromatic carbocycles. The monoisotopic (exact) mass is 422 g/mol. The molecule has 0 aliphatic rings. The molecule has 2 nitrogen and oxygen atoms in total. The zero-order valence-electron chi connectivity index (χ0n) is 20.2. The molecule has 0 aliphatic heterocycles. The highest BCUT2D eigenvalue weighted by atomic mass is 15.1. The van der Waals surface area contributed by atoms with Gasteiger partial charge in [0.05, 0.1) is 5.69 Å². The first-order valence-corrected chi connectivity index (χ1v) is 11.6. The van der Waals surface area contributed by atoms with Crippen LogP contribution in [0.15, 0.2) is 79.1 Å². The van der Waals surface area contributed by atoms with Crippen LogP contribution in [0.5, 0.6) is 0 Å². The Morgan fingerprint density at radius 2 is 1.47 bits per heavy atom. The third-order valence-corrected chi connectivity index (χ3v) is 6.99. The molecule has 4 aromatic rings. The molecule has 1 aromatic heterocycles. The first-order chi connectivity index (χ1) is 15.3. The maximum Gasteiger partial charge on any atom is 0.144 e. The Kier molecular flexibility index (Phi) is 6.06. The van der Waals surface area contributed by atoms with Gasteiger partial charge in [-0.25, -0.2) is 4.98 Å². The second-order valence-electron chi connectivity index (χ2n) is 9.78. The molecule has 0 unspecified atom stereocenters. The van der Waals surface area contributed by atoms with Crippen LogP contribution in [0.2, 0.25) is 0 Å². The van der Waals surface area contributed by atoms with Gasteiger partial charge in [0.15, 0.2) is 0 Å². The highest BCUT2D eigenvalue weighted by Gasteiger charge is 2.28. The Bertz CT molecular complexity index is 1190. The number of benzene rings is 3. The van der Waals surface area contributed by atoms with Crippen molar-refractivity contribution in [3.63, 3.8) is 0 Å². The van der Waals surface area contributed by atoms with E-state index in [0.717, 1.165) is 12.2 Å². The van der Waals surface area contributed by atoms with Crippen LogP contribution in [0.1, 0.15) is 55.5 Å². The van der Waals surface area contributed by atoms with Crippen LogP contribution in [0, 0.1) is 19.8 Å². The molecule has 1 heterocycles. The quantitative estimate of drug-likeness (QED) is 0.311. The highest BCUT2D eigenvalue weighted by Crippen LogP contribution is 2.38. The predicted molar refractivity (Wildman–Crippen MR) is 136 cm³/mol. The Labute approximate surface area is 193 Å². The van der Waals surface area contributed by atoms with E-state index >= 15 is 0 Å². The minimum Gasteiger partial charge on any atom is -0.299 e. The van der Waals surface area contributed by atoms with Crippen molar-refractivity contribution in [1.82, 2.24) is 9.55 Å². The van der Waals surface area contributed by atoms with E-state index in [1.807, 2.05) is 6.20 Å². The molecule has 0 saturated carbocycles. The first kappa shape index (κ1) is 22.1. The van der Waals surface area contributed by atoms with Gasteiger partial charge in [0, 0.05) is 18.0 Å². The number of aryl methyl sites for hydroxylation is 2. The fraction of sp³-hybridized carbons (Fsp3) is 0.300. The molecule has 0 spiro atoms. The standard InChI is InChI=1S/C30H34N2/c1-21(2)30(5,6)27-15-11-10-14-26(27)29-31-16-17-32(29)28-22(3)18-25(19-23(28)4)20-24-12-8-7-9-13-24/h7-19,21H,20H2,1-6H3. The lowest BCUT2D eigenvalue weighted by Crippen LogP contribution is -2.25. The van der Waals surface area contributed by atoms with Crippen molar-refractivity contribution in [2.45, 2.75) is 53.4 Å². The lowest BCUT2D eigenvalue weighted by Gasteiger charge is -2.32. The smallest absolute Gasteiger partial charge is 0.144 e. The number of hydrogen-bond donors (Lipinski definition) is 0. The normalized spacial score (nSPS) is 11.8. The van der Waals surface area contributed by atoms with Crippen molar-refractivity contribution < 1.29 is 0 Å². The van der Waals surface area contributed by atoms with Crippen molar-refractivity contribution in [1.29, 1.82) is 0 Å². The van der Waals surface area contributed by atoms with Crippen LogP contribution in [-0.4, -0.2) is 9.55 Å². The third-order valence-electron chi connectivity index (χ3n) is 6.99. The van der Waals surface area contributed by atoms with Crippen molar-refractivity contribution in [3.8, 4) is 17.1 Å². The zero-order valence-corrected chi connectivity index (χ0v) is 20.2. The van der Waals surface area contributed by atoms with Crippen LogP contribution in [0.3, 0.4) is 0 Å². The molecule has 0 atom stereocenters. The van der Waals surface area contributed by atoms with Gasteiger partial charge in [-0.3, -0.25) is 4.57 Å². The van der Waals surface area contributed by atoms with E-state index in [1.165, 1.54) is 39.1 Å². The number of nitrogens with zero attached hydrogens (tertiary/aromatic N) is 2. The maximum atomic E-state index is 4.83. The van der Waals surface area contributed by atoms with Crippen LogP contribution in [0.25, 0.3) is 17.1 Å². The summed E-state index contributed by atoms with van der Waals surface area (Å²) in [5, 5.41) is 0. The largest absolute Gasteiger partial charge is 0.299 e. The van der Waals surface area contributed by atoms with Crippen LogP contribution < -0.4 is 0 Å². The molecular weight excluding hydrogens is 388 g/mol. The second-order valence-corrected chi connectivity index (χ2v) is 9.78. The van der Waals surface area contributed by atoms with E-state index < -0.39 is 0 Å². The van der Waals surface area contributed by atoms with Crippen molar-refractivity contribution >= 4 is 0 Å². The molecule has 164 valence electrons. The molecule has 0 bridgehead atoms. The van der Waals surface area contributed by atoms with E-state index in [2.05, 4.69) is 119 Å². The lowest BCUT2D eigenvalue weighted by atomic mass is 9.73. The maximum absolute atomic E-state index is 4.83. The molecule has 0 amide bonds. The number of rotatable bonds is 6. The highest BCUT2D eigenvalue weighted by molar-refractivity contribution is 5.66. The predicted octanol–water partition coefficient (Wildman–Crippen LogP) is 7.68. The fourth-order valence-corrected chi connectivity index (χ4v) is 4.59. The van der Waals surface area contributed by atoms with E-state index in [4.69, 9.17) is 4.98 Å². The Morgan fingerprint density at radius 1 is 0.844 bits per heavy atom. The second kappa shape index (κ2) is 8.78. The summed E-state index contributed by atoms with van der Waals surface area (Å²) in [5.74, 6) is 1.53. The van der Waals surface area contributed by atoms with Crippen LogP contribution >= 0.6 is 0 Å². The molecule has 2 heteroatoms. The number of aromatic nitrogens is 2. The van der Waals surface area contributed by atoms with Gasteiger partial charge in [-0.2, -0.15) is 0 Å². The van der Waals surface area contributed by atoms with Crippen LogP contribution in [0.4, 0.5) is 0 Å². The zero-order chi connectivity index (χ0) is 22.9. The molecule has 4 rings (SSSR count). The Morgan fingerprint density at radius 3 is 2.12 bits per heavy atom. The van der Waals surface area contributed by atoms with E-state index in [0.29, 0.717) is 5.92 Å². The molecule has 0 saturated heterocycles. The molecule has 0 aliphatic carbocycles. The minimum absolute atomic E-state index is 0.0526. The van der Waals surface area contributed by atoms with Gasteiger partial charge in [0.1, 0.15) is 5.82 Å². The minimum atomic E-state index is 0.0526. The summed E-state index contributed by atoms with van der Waals surface area (Å²) in [6.45, 7) is 13.7. The average Bonchev–Trinajstić information content (AvgIpc) is 3.23. The Hall–Kier alpha value is -3.13. The summed E-state index contributed by atoms with van der Waals surface area (Å²) in [6, 6.07) is 24.1. The SMILES string of the molecule is Cc1cc(Cc2ccccc2)cc(C)c1-n1ccnc1-c1ccccc1C(C)(C)C(C)C. The summed E-state index contributed by atoms with van der Waals surface area (Å²) in [4.78, 5) is 4.83. The summed E-state index contributed by atoms with van der Waals surface area (Å²) >= 11 is 0. The van der Waals surface area contributed by atoms with Crippen LogP contribution in [-0.2, 0) is 11.8 Å². The Balaban J connectivity index is 1.79. The van der Waals surface area contributed by atoms with Gasteiger partial charge in [0.25, 0.3) is 0 Å². The van der Waals surface area contributed by atoms with Gasteiger partial charge in [0.2, 0.25) is 0 Å². The summed E-state index contributed by atoms with van der Waals surface area (Å²) in [5.41, 5.74) is 9.07. The molecule has 0 radical (unpaired) electrons. The number of imidazole rings is 1. The lowest BCUT2D eigenvalue weighted by molar-refractivity contribution is 0.373. The summed E-state index contributed by atoms with van der Waals surface area (Å²) in [6.07, 6.45) is 4.97. The summed E-state index contributed by atoms with van der Waals surface area (Å²) in [7, 11) is 0. The van der Waals surface area contributed by atoms with Gasteiger partial charge in [-0.05, 0) is 59.4 Å². The first-order valence-electron chi connectivity index (χ1n) is 11.6. The van der Waals surface area contributed by atoms with Crippen molar-refractivity contribution in [2.24, 2.45) is 5.92 Å². The molecule has 0 fully saturated rings. The van der Waals surface area contributed by atoms with Gasteiger partial charge < -0.3 is 0 Å². The van der Waals surface area contributed by atoms with Gasteiger partial charge in [-0.15, -0.1) is 0 Å². The molecular formula is C30H34N2. The van der Waals surface area contributed by atoms with E-state index in [9.17, 15) is 0 Å². The van der Waals surface area contributed by atoms with Gasteiger partial charge >= 0.3 is 0 Å². The van der Waals surface area contributed by atoms with Crippen molar-refractivity contribution in [2.75, 3.05) is 0 Å². The number of hydrogen-bond acceptors (Lipinski definition) is 1. The van der Waals surface area contributed by atoms with Gasteiger partial charge in [-0.1, -0.05) is 94.4 Å².